The maximum atomic E-state index is 12.0. The first kappa shape index (κ1) is 14.7. The molecular weight excluding hydrogens is 280 g/mol. The molecule has 1 aliphatic rings. The number of hydrogen-bond donors (Lipinski definition) is 1. The summed E-state index contributed by atoms with van der Waals surface area (Å²) in [5.74, 6) is 0.419. The third-order valence-electron chi connectivity index (χ3n) is 3.95. The second kappa shape index (κ2) is 7.17. The van der Waals surface area contributed by atoms with Crippen molar-refractivity contribution >= 4 is 5.91 Å². The van der Waals surface area contributed by atoms with Gasteiger partial charge in [0.25, 0.3) is 5.91 Å². The van der Waals surface area contributed by atoms with Crippen LogP contribution in [0.3, 0.4) is 0 Å². The quantitative estimate of drug-likeness (QED) is 0.910. The Morgan fingerprint density at radius 1 is 1.45 bits per heavy atom. The van der Waals surface area contributed by atoms with Crippen molar-refractivity contribution in [2.45, 2.75) is 19.4 Å². The van der Waals surface area contributed by atoms with Gasteiger partial charge < -0.3 is 9.84 Å². The van der Waals surface area contributed by atoms with Gasteiger partial charge in [0, 0.05) is 38.1 Å². The van der Waals surface area contributed by atoms with Gasteiger partial charge in [0.05, 0.1) is 11.3 Å². The van der Waals surface area contributed by atoms with Crippen LogP contribution < -0.4 is 5.32 Å². The maximum absolute atomic E-state index is 12.0. The van der Waals surface area contributed by atoms with E-state index in [2.05, 4.69) is 20.4 Å². The van der Waals surface area contributed by atoms with Crippen molar-refractivity contribution in [1.82, 2.24) is 20.4 Å². The normalized spacial score (nSPS) is 19.0. The zero-order valence-electron chi connectivity index (χ0n) is 12.4. The average molecular weight is 300 g/mol. The summed E-state index contributed by atoms with van der Waals surface area (Å²) in [5, 5.41) is 6.96. The van der Waals surface area contributed by atoms with Crippen molar-refractivity contribution in [1.29, 1.82) is 0 Å². The smallest absolute Gasteiger partial charge is 0.252 e. The van der Waals surface area contributed by atoms with Gasteiger partial charge in [0.15, 0.2) is 0 Å². The number of carbonyl (C=O) groups excluding carboxylic acids is 1. The lowest BCUT2D eigenvalue weighted by atomic mass is 9.97. The third-order valence-corrected chi connectivity index (χ3v) is 3.95. The predicted molar refractivity (Wildman–Crippen MR) is 81.1 cm³/mol. The molecule has 6 nitrogen and oxygen atoms in total. The molecule has 0 aromatic carbocycles. The maximum Gasteiger partial charge on any atom is 0.252 e. The van der Waals surface area contributed by atoms with Crippen LogP contribution in [0.4, 0.5) is 0 Å². The Bertz CT molecular complexity index is 585. The van der Waals surface area contributed by atoms with Crippen LogP contribution in [0, 0.1) is 5.92 Å². The van der Waals surface area contributed by atoms with Crippen molar-refractivity contribution in [3.8, 4) is 0 Å². The molecule has 0 spiro atoms. The summed E-state index contributed by atoms with van der Waals surface area (Å²) in [6, 6.07) is 5.45. The zero-order valence-corrected chi connectivity index (χ0v) is 12.4. The van der Waals surface area contributed by atoms with Gasteiger partial charge in [-0.15, -0.1) is 0 Å². The SMILES string of the molecule is O=C(NCC1CCCN(Cc2ccon2)C1)c1cccnc1. The molecule has 1 unspecified atom stereocenters. The average Bonchev–Trinajstić information content (AvgIpc) is 3.07. The summed E-state index contributed by atoms with van der Waals surface area (Å²) in [5.41, 5.74) is 1.57. The molecule has 0 saturated carbocycles. The molecule has 1 fully saturated rings. The Labute approximate surface area is 129 Å². The molecule has 3 heterocycles. The molecule has 1 aliphatic heterocycles. The van der Waals surface area contributed by atoms with Gasteiger partial charge in [-0.3, -0.25) is 14.7 Å². The molecule has 116 valence electrons. The molecular formula is C16H20N4O2. The molecule has 1 N–H and O–H groups in total. The van der Waals surface area contributed by atoms with E-state index in [1.165, 1.54) is 0 Å². The predicted octanol–water partition coefficient (Wildman–Crippen LogP) is 1.71. The first-order valence-corrected chi connectivity index (χ1v) is 7.61. The fraction of sp³-hybridized carbons (Fsp3) is 0.438. The van der Waals surface area contributed by atoms with Crippen molar-refractivity contribution in [2.75, 3.05) is 19.6 Å². The molecule has 6 heteroatoms. The Morgan fingerprint density at radius 3 is 3.18 bits per heavy atom. The fourth-order valence-electron chi connectivity index (χ4n) is 2.85. The summed E-state index contributed by atoms with van der Waals surface area (Å²) in [7, 11) is 0. The van der Waals surface area contributed by atoms with E-state index in [1.54, 1.807) is 30.8 Å². The van der Waals surface area contributed by atoms with E-state index >= 15 is 0 Å². The number of carbonyl (C=O) groups is 1. The number of nitrogens with zero attached hydrogens (tertiary/aromatic N) is 3. The minimum atomic E-state index is -0.0540. The standard InChI is InChI=1S/C16H20N4O2/c21-16(14-4-1-6-17-10-14)18-9-13-3-2-7-20(11-13)12-15-5-8-22-19-15/h1,4-6,8,10,13H,2-3,7,9,11-12H2,(H,18,21). The number of hydrogen-bond acceptors (Lipinski definition) is 5. The van der Waals surface area contributed by atoms with Crippen LogP contribution in [0.25, 0.3) is 0 Å². The number of aromatic nitrogens is 2. The van der Waals surface area contributed by atoms with E-state index in [4.69, 9.17) is 4.52 Å². The van der Waals surface area contributed by atoms with E-state index in [1.807, 2.05) is 6.07 Å². The highest BCUT2D eigenvalue weighted by molar-refractivity contribution is 5.93. The lowest BCUT2D eigenvalue weighted by Gasteiger charge is -2.32. The number of rotatable bonds is 5. The molecule has 3 rings (SSSR count). The number of amides is 1. The molecule has 0 radical (unpaired) electrons. The first-order chi connectivity index (χ1) is 10.8. The highest BCUT2D eigenvalue weighted by atomic mass is 16.5. The molecule has 0 aliphatic carbocycles. The van der Waals surface area contributed by atoms with Gasteiger partial charge in [0.1, 0.15) is 6.26 Å². The van der Waals surface area contributed by atoms with Crippen molar-refractivity contribution in [3.05, 3.63) is 48.1 Å². The Morgan fingerprint density at radius 2 is 2.41 bits per heavy atom. The number of piperidine rings is 1. The summed E-state index contributed by atoms with van der Waals surface area (Å²) in [6.45, 7) is 3.55. The van der Waals surface area contributed by atoms with Crippen LogP contribution >= 0.6 is 0 Å². The molecule has 1 atom stereocenters. The lowest BCUT2D eigenvalue weighted by Crippen LogP contribution is -2.40. The molecule has 22 heavy (non-hydrogen) atoms. The molecule has 0 bridgehead atoms. The summed E-state index contributed by atoms with van der Waals surface area (Å²) < 4.78 is 4.87. The van der Waals surface area contributed by atoms with Crippen LogP contribution in [0.5, 0.6) is 0 Å². The van der Waals surface area contributed by atoms with Crippen molar-refractivity contribution in [2.24, 2.45) is 5.92 Å². The van der Waals surface area contributed by atoms with Gasteiger partial charge in [-0.1, -0.05) is 5.16 Å². The number of pyridine rings is 1. The van der Waals surface area contributed by atoms with E-state index in [-0.39, 0.29) is 5.91 Å². The number of nitrogens with one attached hydrogen (secondary N) is 1. The van der Waals surface area contributed by atoms with Gasteiger partial charge in [-0.05, 0) is 37.4 Å². The van der Waals surface area contributed by atoms with Crippen LogP contribution in [0.15, 0.2) is 41.4 Å². The summed E-state index contributed by atoms with van der Waals surface area (Å²) >= 11 is 0. The zero-order chi connectivity index (χ0) is 15.2. The van der Waals surface area contributed by atoms with Crippen LogP contribution in [-0.4, -0.2) is 40.6 Å². The molecule has 2 aromatic rings. The van der Waals surface area contributed by atoms with Crippen molar-refractivity contribution in [3.63, 3.8) is 0 Å². The van der Waals surface area contributed by atoms with Gasteiger partial charge in [0.2, 0.25) is 0 Å². The largest absolute Gasteiger partial charge is 0.364 e. The number of likely N-dealkylation sites (tertiary alicyclic amines) is 1. The monoisotopic (exact) mass is 300 g/mol. The first-order valence-electron chi connectivity index (χ1n) is 7.61. The Kier molecular flexibility index (Phi) is 4.80. The molecule has 1 saturated heterocycles. The minimum Gasteiger partial charge on any atom is -0.364 e. The molecule has 2 aromatic heterocycles. The second-order valence-corrected chi connectivity index (χ2v) is 5.69. The third kappa shape index (κ3) is 3.92. The van der Waals surface area contributed by atoms with E-state index in [9.17, 15) is 4.79 Å². The lowest BCUT2D eigenvalue weighted by molar-refractivity contribution is 0.0929. The highest BCUT2D eigenvalue weighted by Crippen LogP contribution is 2.17. The minimum absolute atomic E-state index is 0.0540. The van der Waals surface area contributed by atoms with Gasteiger partial charge in [-0.2, -0.15) is 0 Å². The summed E-state index contributed by atoms with van der Waals surface area (Å²) in [4.78, 5) is 18.4. The van der Waals surface area contributed by atoms with Crippen LogP contribution in [0.1, 0.15) is 28.9 Å². The molecule has 1 amide bonds. The topological polar surface area (TPSA) is 71.3 Å². The van der Waals surface area contributed by atoms with Gasteiger partial charge >= 0.3 is 0 Å². The Balaban J connectivity index is 1.47. The van der Waals surface area contributed by atoms with E-state index in [0.29, 0.717) is 18.0 Å². The van der Waals surface area contributed by atoms with Crippen molar-refractivity contribution < 1.29 is 9.32 Å². The van der Waals surface area contributed by atoms with Gasteiger partial charge in [-0.25, -0.2) is 0 Å². The van der Waals surface area contributed by atoms with Crippen LogP contribution in [0.2, 0.25) is 0 Å². The van der Waals surface area contributed by atoms with E-state index in [0.717, 1.165) is 38.2 Å². The van der Waals surface area contributed by atoms with E-state index < -0.39 is 0 Å². The second-order valence-electron chi connectivity index (χ2n) is 5.69. The highest BCUT2D eigenvalue weighted by Gasteiger charge is 2.21. The fourth-order valence-corrected chi connectivity index (χ4v) is 2.85. The Hall–Kier alpha value is -2.21. The van der Waals surface area contributed by atoms with Crippen LogP contribution in [-0.2, 0) is 6.54 Å². The summed E-state index contributed by atoms with van der Waals surface area (Å²) in [6.07, 6.45) is 7.14.